The Balaban J connectivity index is 2.40. The minimum Gasteiger partial charge on any atom is -0.346 e. The van der Waals surface area contributed by atoms with Crippen molar-refractivity contribution in [1.29, 1.82) is 0 Å². The van der Waals surface area contributed by atoms with Gasteiger partial charge in [0, 0.05) is 13.0 Å². The summed E-state index contributed by atoms with van der Waals surface area (Å²) in [5.74, 6) is 1.20. The van der Waals surface area contributed by atoms with E-state index >= 15 is 0 Å². The van der Waals surface area contributed by atoms with Gasteiger partial charge in [-0.3, -0.25) is 4.99 Å². The van der Waals surface area contributed by atoms with Crippen molar-refractivity contribution in [2.75, 3.05) is 19.8 Å². The van der Waals surface area contributed by atoms with E-state index in [0.29, 0.717) is 6.67 Å². The summed E-state index contributed by atoms with van der Waals surface area (Å²) in [5.41, 5.74) is 5.50. The van der Waals surface area contributed by atoms with E-state index in [1.54, 1.807) is 0 Å². The zero-order valence-corrected chi connectivity index (χ0v) is 6.51. The standard InChI is InChI=1S/C7H15N3/c1-2-3-7-9-4-5-10(7)6-8/h2-6,8H2,1H3. The van der Waals surface area contributed by atoms with Crippen molar-refractivity contribution in [1.82, 2.24) is 4.90 Å². The van der Waals surface area contributed by atoms with Crippen molar-refractivity contribution < 1.29 is 0 Å². The Morgan fingerprint density at radius 1 is 1.70 bits per heavy atom. The van der Waals surface area contributed by atoms with Gasteiger partial charge < -0.3 is 10.6 Å². The highest BCUT2D eigenvalue weighted by atomic mass is 15.3. The Hall–Kier alpha value is -0.570. The zero-order valence-electron chi connectivity index (χ0n) is 6.51. The molecule has 0 fully saturated rings. The number of nitrogens with zero attached hydrogens (tertiary/aromatic N) is 2. The quantitative estimate of drug-likeness (QED) is 0.618. The summed E-state index contributed by atoms with van der Waals surface area (Å²) < 4.78 is 0. The van der Waals surface area contributed by atoms with E-state index in [1.165, 1.54) is 5.84 Å². The molecule has 0 bridgehead atoms. The number of hydrogen-bond donors (Lipinski definition) is 1. The fraction of sp³-hybridized carbons (Fsp3) is 0.857. The molecule has 0 saturated heterocycles. The molecule has 0 radical (unpaired) electrons. The Morgan fingerprint density at radius 2 is 2.50 bits per heavy atom. The van der Waals surface area contributed by atoms with Crippen LogP contribution in [-0.4, -0.2) is 30.5 Å². The molecule has 2 N–H and O–H groups in total. The Kier molecular flexibility index (Phi) is 2.68. The molecule has 0 amide bonds. The van der Waals surface area contributed by atoms with Gasteiger partial charge in [-0.2, -0.15) is 0 Å². The molecule has 0 unspecified atom stereocenters. The van der Waals surface area contributed by atoms with Crippen molar-refractivity contribution in [2.45, 2.75) is 19.8 Å². The lowest BCUT2D eigenvalue weighted by molar-refractivity contribution is 0.462. The van der Waals surface area contributed by atoms with Crippen molar-refractivity contribution in [3.63, 3.8) is 0 Å². The molecule has 0 aromatic rings. The van der Waals surface area contributed by atoms with E-state index in [1.807, 2.05) is 0 Å². The van der Waals surface area contributed by atoms with Gasteiger partial charge in [0.2, 0.25) is 0 Å². The first-order chi connectivity index (χ1) is 4.88. The van der Waals surface area contributed by atoms with Crippen molar-refractivity contribution >= 4 is 5.84 Å². The van der Waals surface area contributed by atoms with E-state index in [-0.39, 0.29) is 0 Å². The third-order valence-corrected chi connectivity index (χ3v) is 1.72. The molecule has 1 heterocycles. The van der Waals surface area contributed by atoms with E-state index in [0.717, 1.165) is 25.9 Å². The van der Waals surface area contributed by atoms with Gasteiger partial charge in [0.05, 0.1) is 19.0 Å². The highest BCUT2D eigenvalue weighted by molar-refractivity contribution is 5.83. The summed E-state index contributed by atoms with van der Waals surface area (Å²) >= 11 is 0. The maximum atomic E-state index is 5.50. The van der Waals surface area contributed by atoms with Gasteiger partial charge >= 0.3 is 0 Å². The highest BCUT2D eigenvalue weighted by Crippen LogP contribution is 2.04. The molecule has 0 saturated carbocycles. The summed E-state index contributed by atoms with van der Waals surface area (Å²) in [6.45, 7) is 4.74. The second-order valence-electron chi connectivity index (χ2n) is 2.49. The van der Waals surface area contributed by atoms with Gasteiger partial charge in [-0.15, -0.1) is 0 Å². The van der Waals surface area contributed by atoms with Crippen LogP contribution in [0, 0.1) is 0 Å². The first kappa shape index (κ1) is 7.54. The van der Waals surface area contributed by atoms with Gasteiger partial charge in [0.15, 0.2) is 0 Å². The molecule has 0 aromatic heterocycles. The van der Waals surface area contributed by atoms with Crippen molar-refractivity contribution in [3.8, 4) is 0 Å². The second-order valence-corrected chi connectivity index (χ2v) is 2.49. The predicted molar refractivity (Wildman–Crippen MR) is 43.0 cm³/mol. The Labute approximate surface area is 61.9 Å². The highest BCUT2D eigenvalue weighted by Gasteiger charge is 2.12. The van der Waals surface area contributed by atoms with Crippen molar-refractivity contribution in [2.24, 2.45) is 10.7 Å². The van der Waals surface area contributed by atoms with Crippen LogP contribution >= 0.6 is 0 Å². The zero-order chi connectivity index (χ0) is 7.40. The van der Waals surface area contributed by atoms with Crippen LogP contribution in [-0.2, 0) is 0 Å². The number of hydrogen-bond acceptors (Lipinski definition) is 3. The molecule has 0 aromatic carbocycles. The van der Waals surface area contributed by atoms with Crippen LogP contribution in [0.25, 0.3) is 0 Å². The average molecular weight is 141 g/mol. The molecular weight excluding hydrogens is 126 g/mol. The van der Waals surface area contributed by atoms with Crippen LogP contribution in [0.1, 0.15) is 19.8 Å². The van der Waals surface area contributed by atoms with Crippen LogP contribution < -0.4 is 5.73 Å². The lowest BCUT2D eigenvalue weighted by Crippen LogP contribution is -2.33. The van der Waals surface area contributed by atoms with Gasteiger partial charge in [-0.05, 0) is 6.42 Å². The average Bonchev–Trinajstić information content (AvgIpc) is 2.36. The number of aliphatic imine (C=N–C) groups is 1. The fourth-order valence-corrected chi connectivity index (χ4v) is 1.19. The number of amidine groups is 1. The summed E-state index contributed by atoms with van der Waals surface area (Å²) in [7, 11) is 0. The van der Waals surface area contributed by atoms with Crippen molar-refractivity contribution in [3.05, 3.63) is 0 Å². The third kappa shape index (κ3) is 1.48. The third-order valence-electron chi connectivity index (χ3n) is 1.72. The van der Waals surface area contributed by atoms with E-state index in [4.69, 9.17) is 5.73 Å². The molecule has 58 valence electrons. The minimum absolute atomic E-state index is 0.624. The lowest BCUT2D eigenvalue weighted by Gasteiger charge is -2.16. The summed E-state index contributed by atoms with van der Waals surface area (Å²) in [4.78, 5) is 6.48. The van der Waals surface area contributed by atoms with Gasteiger partial charge in [-0.25, -0.2) is 0 Å². The Morgan fingerprint density at radius 3 is 3.10 bits per heavy atom. The van der Waals surface area contributed by atoms with Crippen LogP contribution in [0.15, 0.2) is 4.99 Å². The largest absolute Gasteiger partial charge is 0.346 e. The van der Waals surface area contributed by atoms with Gasteiger partial charge in [-0.1, -0.05) is 6.92 Å². The first-order valence-electron chi connectivity index (χ1n) is 3.86. The lowest BCUT2D eigenvalue weighted by atomic mass is 10.3. The predicted octanol–water partition coefficient (Wildman–Crippen LogP) is 0.417. The maximum absolute atomic E-state index is 5.50. The molecule has 1 aliphatic heterocycles. The first-order valence-corrected chi connectivity index (χ1v) is 3.86. The Bertz CT molecular complexity index is 131. The van der Waals surface area contributed by atoms with E-state index in [2.05, 4.69) is 16.8 Å². The van der Waals surface area contributed by atoms with Crippen LogP contribution in [0.5, 0.6) is 0 Å². The van der Waals surface area contributed by atoms with Gasteiger partial charge in [0.25, 0.3) is 0 Å². The molecule has 0 spiro atoms. The van der Waals surface area contributed by atoms with Crippen LogP contribution in [0.4, 0.5) is 0 Å². The fourth-order valence-electron chi connectivity index (χ4n) is 1.19. The molecule has 3 nitrogen and oxygen atoms in total. The summed E-state index contributed by atoms with van der Waals surface area (Å²) in [6, 6.07) is 0. The molecule has 10 heavy (non-hydrogen) atoms. The minimum atomic E-state index is 0.624. The molecule has 1 aliphatic rings. The van der Waals surface area contributed by atoms with E-state index in [9.17, 15) is 0 Å². The summed E-state index contributed by atoms with van der Waals surface area (Å²) in [5, 5.41) is 0. The monoisotopic (exact) mass is 141 g/mol. The maximum Gasteiger partial charge on any atom is 0.1000 e. The molecular formula is C7H15N3. The summed E-state index contributed by atoms with van der Waals surface area (Å²) in [6.07, 6.45) is 2.24. The van der Waals surface area contributed by atoms with Gasteiger partial charge in [0.1, 0.15) is 0 Å². The number of nitrogens with two attached hydrogens (primary N) is 1. The smallest absolute Gasteiger partial charge is 0.1000 e. The molecule has 0 atom stereocenters. The SMILES string of the molecule is CCCC1=NCCN1CN. The second kappa shape index (κ2) is 3.56. The van der Waals surface area contributed by atoms with E-state index < -0.39 is 0 Å². The topological polar surface area (TPSA) is 41.6 Å². The van der Waals surface area contributed by atoms with Crippen LogP contribution in [0.2, 0.25) is 0 Å². The molecule has 0 aliphatic carbocycles. The number of rotatable bonds is 3. The molecule has 3 heteroatoms. The normalized spacial score (nSPS) is 17.8. The van der Waals surface area contributed by atoms with Crippen LogP contribution in [0.3, 0.4) is 0 Å². The molecule has 1 rings (SSSR count).